The number of anilines is 1. The zero-order valence-electron chi connectivity index (χ0n) is 8.26. The lowest BCUT2D eigenvalue weighted by Gasteiger charge is -2.11. The van der Waals surface area contributed by atoms with Crippen LogP contribution in [-0.4, -0.2) is 18.2 Å². The van der Waals surface area contributed by atoms with Gasteiger partial charge in [0.1, 0.15) is 10.7 Å². The molecule has 0 unspecified atom stereocenters. The number of nitrogens with zero attached hydrogens (tertiary/aromatic N) is 2. The Morgan fingerprint density at radius 3 is 2.47 bits per heavy atom. The van der Waals surface area contributed by atoms with Crippen LogP contribution in [0.3, 0.4) is 0 Å². The van der Waals surface area contributed by atoms with E-state index in [0.717, 1.165) is 25.7 Å². The van der Waals surface area contributed by atoms with Gasteiger partial charge < -0.3 is 5.73 Å². The Labute approximate surface area is 88.3 Å². The Morgan fingerprint density at radius 2 is 2.00 bits per heavy atom. The summed E-state index contributed by atoms with van der Waals surface area (Å²) < 4.78 is 23.8. The fourth-order valence-electron chi connectivity index (χ4n) is 2.01. The maximum absolute atomic E-state index is 11.1. The molecular formula is C8H14N4O2S. The zero-order chi connectivity index (χ0) is 11.1. The number of nitrogens with two attached hydrogens (primary N) is 2. The highest BCUT2D eigenvalue weighted by molar-refractivity contribution is 7.89. The second-order valence-electron chi connectivity index (χ2n) is 3.82. The number of rotatable bonds is 2. The maximum atomic E-state index is 11.1. The van der Waals surface area contributed by atoms with Crippen molar-refractivity contribution in [1.82, 2.24) is 9.78 Å². The Balaban J connectivity index is 2.39. The van der Waals surface area contributed by atoms with Gasteiger partial charge in [-0.3, -0.25) is 0 Å². The molecule has 1 heterocycles. The lowest BCUT2D eigenvalue weighted by Crippen LogP contribution is -2.15. The van der Waals surface area contributed by atoms with Crippen molar-refractivity contribution in [2.45, 2.75) is 36.6 Å². The standard InChI is InChI=1S/C8H14N4O2S/c9-8-7(15(10,13)14)5-11-12(8)6-3-1-2-4-6/h5-6H,1-4,9H2,(H2,10,13,14). The molecule has 4 N–H and O–H groups in total. The largest absolute Gasteiger partial charge is 0.383 e. The number of nitrogen functional groups attached to an aromatic ring is 1. The van der Waals surface area contributed by atoms with E-state index in [1.165, 1.54) is 6.20 Å². The number of primary sulfonamides is 1. The van der Waals surface area contributed by atoms with Crippen LogP contribution in [0.1, 0.15) is 31.7 Å². The number of hydrogen-bond donors (Lipinski definition) is 2. The van der Waals surface area contributed by atoms with Gasteiger partial charge in [-0.2, -0.15) is 5.10 Å². The Hall–Kier alpha value is -1.08. The van der Waals surface area contributed by atoms with Crippen LogP contribution in [-0.2, 0) is 10.0 Å². The highest BCUT2D eigenvalue weighted by atomic mass is 32.2. The van der Waals surface area contributed by atoms with Gasteiger partial charge in [0, 0.05) is 0 Å². The van der Waals surface area contributed by atoms with Gasteiger partial charge in [0.15, 0.2) is 0 Å². The van der Waals surface area contributed by atoms with Gasteiger partial charge in [-0.05, 0) is 12.8 Å². The second kappa shape index (κ2) is 3.49. The molecule has 15 heavy (non-hydrogen) atoms. The first-order valence-electron chi connectivity index (χ1n) is 4.86. The van der Waals surface area contributed by atoms with Crippen LogP contribution in [0.2, 0.25) is 0 Å². The van der Waals surface area contributed by atoms with E-state index in [2.05, 4.69) is 5.10 Å². The SMILES string of the molecule is Nc1c(S(N)(=O)=O)cnn1C1CCCC1. The van der Waals surface area contributed by atoms with Crippen molar-refractivity contribution in [2.24, 2.45) is 5.14 Å². The molecule has 2 rings (SSSR count). The average molecular weight is 230 g/mol. The topological polar surface area (TPSA) is 104 Å². The van der Waals surface area contributed by atoms with E-state index < -0.39 is 10.0 Å². The summed E-state index contributed by atoms with van der Waals surface area (Å²) in [6.07, 6.45) is 5.48. The monoisotopic (exact) mass is 230 g/mol. The summed E-state index contributed by atoms with van der Waals surface area (Å²) >= 11 is 0. The molecule has 1 aromatic heterocycles. The molecule has 1 aromatic rings. The van der Waals surface area contributed by atoms with Gasteiger partial charge in [-0.25, -0.2) is 18.2 Å². The highest BCUT2D eigenvalue weighted by Gasteiger charge is 2.24. The highest BCUT2D eigenvalue weighted by Crippen LogP contribution is 2.32. The lowest BCUT2D eigenvalue weighted by molar-refractivity contribution is 0.473. The number of hydrogen-bond acceptors (Lipinski definition) is 4. The molecule has 0 aromatic carbocycles. The van der Waals surface area contributed by atoms with Crippen molar-refractivity contribution in [2.75, 3.05) is 5.73 Å². The van der Waals surface area contributed by atoms with Crippen LogP contribution in [0.4, 0.5) is 5.82 Å². The number of aromatic nitrogens is 2. The lowest BCUT2D eigenvalue weighted by atomic mass is 10.2. The van der Waals surface area contributed by atoms with Gasteiger partial charge in [-0.15, -0.1) is 0 Å². The second-order valence-corrected chi connectivity index (χ2v) is 5.35. The molecule has 1 saturated carbocycles. The van der Waals surface area contributed by atoms with Crippen LogP contribution >= 0.6 is 0 Å². The molecule has 1 aliphatic carbocycles. The Bertz CT molecular complexity index is 459. The maximum Gasteiger partial charge on any atom is 0.243 e. The molecule has 0 atom stereocenters. The van der Waals surface area contributed by atoms with E-state index in [-0.39, 0.29) is 16.8 Å². The summed E-state index contributed by atoms with van der Waals surface area (Å²) in [5, 5.41) is 9.01. The van der Waals surface area contributed by atoms with E-state index in [4.69, 9.17) is 10.9 Å². The third-order valence-electron chi connectivity index (χ3n) is 2.78. The Kier molecular flexibility index (Phi) is 2.43. The summed E-state index contributed by atoms with van der Waals surface area (Å²) in [4.78, 5) is -0.0746. The van der Waals surface area contributed by atoms with E-state index in [1.807, 2.05) is 0 Å². The van der Waals surface area contributed by atoms with Crippen molar-refractivity contribution >= 4 is 15.8 Å². The van der Waals surface area contributed by atoms with E-state index in [1.54, 1.807) is 4.68 Å². The van der Waals surface area contributed by atoms with Crippen molar-refractivity contribution in [3.63, 3.8) is 0 Å². The fraction of sp³-hybridized carbons (Fsp3) is 0.625. The first-order chi connectivity index (χ1) is 7.00. The summed E-state index contributed by atoms with van der Waals surface area (Å²) in [5.41, 5.74) is 5.71. The van der Waals surface area contributed by atoms with Gasteiger partial charge >= 0.3 is 0 Å². The molecule has 0 radical (unpaired) electrons. The van der Waals surface area contributed by atoms with E-state index in [0.29, 0.717) is 0 Å². The molecule has 1 fully saturated rings. The van der Waals surface area contributed by atoms with Gasteiger partial charge in [0.2, 0.25) is 10.0 Å². The molecule has 0 bridgehead atoms. The van der Waals surface area contributed by atoms with Crippen molar-refractivity contribution in [3.05, 3.63) is 6.20 Å². The van der Waals surface area contributed by atoms with Crippen LogP contribution < -0.4 is 10.9 Å². The normalized spacial score (nSPS) is 18.5. The molecule has 7 heteroatoms. The third-order valence-corrected chi connectivity index (χ3v) is 3.70. The van der Waals surface area contributed by atoms with Crippen LogP contribution in [0, 0.1) is 0 Å². The van der Waals surface area contributed by atoms with Crippen molar-refractivity contribution < 1.29 is 8.42 Å². The van der Waals surface area contributed by atoms with E-state index in [9.17, 15) is 8.42 Å². The first-order valence-corrected chi connectivity index (χ1v) is 6.40. The molecule has 6 nitrogen and oxygen atoms in total. The molecule has 0 aliphatic heterocycles. The average Bonchev–Trinajstić information content (AvgIpc) is 2.69. The van der Waals surface area contributed by atoms with Gasteiger partial charge in [0.25, 0.3) is 0 Å². The summed E-state index contributed by atoms with van der Waals surface area (Å²) in [6, 6.07) is 0.223. The molecule has 84 valence electrons. The predicted octanol–water partition coefficient (Wildman–Crippen LogP) is 0.228. The summed E-state index contributed by atoms with van der Waals surface area (Å²) in [6.45, 7) is 0. The smallest absolute Gasteiger partial charge is 0.243 e. The third kappa shape index (κ3) is 1.84. The van der Waals surface area contributed by atoms with E-state index >= 15 is 0 Å². The minimum Gasteiger partial charge on any atom is -0.383 e. The first kappa shape index (κ1) is 10.4. The zero-order valence-corrected chi connectivity index (χ0v) is 9.07. The summed E-state index contributed by atoms with van der Waals surface area (Å²) in [7, 11) is -3.75. The van der Waals surface area contributed by atoms with Crippen LogP contribution in [0.15, 0.2) is 11.1 Å². The molecule has 0 saturated heterocycles. The van der Waals surface area contributed by atoms with Crippen molar-refractivity contribution in [1.29, 1.82) is 0 Å². The van der Waals surface area contributed by atoms with Gasteiger partial charge in [0.05, 0.1) is 12.2 Å². The molecule has 0 amide bonds. The predicted molar refractivity (Wildman–Crippen MR) is 55.5 cm³/mol. The minimum atomic E-state index is -3.75. The Morgan fingerprint density at radius 1 is 1.40 bits per heavy atom. The molecular weight excluding hydrogens is 216 g/mol. The van der Waals surface area contributed by atoms with Crippen LogP contribution in [0.25, 0.3) is 0 Å². The van der Waals surface area contributed by atoms with Crippen molar-refractivity contribution in [3.8, 4) is 0 Å². The minimum absolute atomic E-state index is 0.0746. The fourth-order valence-corrected chi connectivity index (χ4v) is 2.59. The quantitative estimate of drug-likeness (QED) is 0.758. The molecule has 0 spiro atoms. The van der Waals surface area contributed by atoms with Gasteiger partial charge in [-0.1, -0.05) is 12.8 Å². The van der Waals surface area contributed by atoms with Crippen LogP contribution in [0.5, 0.6) is 0 Å². The molecule has 1 aliphatic rings. The summed E-state index contributed by atoms with van der Waals surface area (Å²) in [5.74, 6) is 0.157. The number of sulfonamides is 1.